The van der Waals surface area contributed by atoms with E-state index in [9.17, 15) is 36.2 Å². The fraction of sp³-hybridized carbons (Fsp3) is 0.381. The second-order valence-electron chi connectivity index (χ2n) is 7.62. The van der Waals surface area contributed by atoms with E-state index in [-0.39, 0.29) is 12.5 Å². The standard InChI is InChI=1S/C21H20F6N2O2/c1-28(2)18(30)15-5-8-17-14(11-15)9-10-29(17)12-13-3-6-16(7-4-13)19(31,20(22,23)24)21(25,26)27/h3-8,11,31H,9-10,12H2,1-2H3. The molecule has 0 aromatic heterocycles. The van der Waals surface area contributed by atoms with E-state index in [1.54, 1.807) is 32.3 Å². The van der Waals surface area contributed by atoms with Crippen LogP contribution in [0.5, 0.6) is 0 Å². The molecule has 1 heterocycles. The van der Waals surface area contributed by atoms with Crippen LogP contribution in [0.4, 0.5) is 32.0 Å². The summed E-state index contributed by atoms with van der Waals surface area (Å²) in [4.78, 5) is 15.5. The molecule has 0 fully saturated rings. The van der Waals surface area contributed by atoms with Crippen LogP contribution in [0.2, 0.25) is 0 Å². The summed E-state index contributed by atoms with van der Waals surface area (Å²) in [6.07, 6.45) is -11.2. The third-order valence-corrected chi connectivity index (χ3v) is 5.29. The van der Waals surface area contributed by atoms with Crippen molar-refractivity contribution in [1.29, 1.82) is 0 Å². The van der Waals surface area contributed by atoms with Crippen molar-refractivity contribution >= 4 is 11.6 Å². The van der Waals surface area contributed by atoms with Crippen molar-refractivity contribution in [1.82, 2.24) is 4.90 Å². The van der Waals surface area contributed by atoms with Gasteiger partial charge in [-0.2, -0.15) is 26.3 Å². The van der Waals surface area contributed by atoms with E-state index in [0.717, 1.165) is 23.4 Å². The molecule has 4 nitrogen and oxygen atoms in total. The Kier molecular flexibility index (Phi) is 5.72. The number of hydrogen-bond donors (Lipinski definition) is 1. The maximum atomic E-state index is 13.0. The monoisotopic (exact) mass is 446 g/mol. The molecular formula is C21H20F6N2O2. The normalized spacial score (nSPS) is 14.5. The molecule has 168 valence electrons. The smallest absolute Gasteiger partial charge is 0.369 e. The summed E-state index contributed by atoms with van der Waals surface area (Å²) in [5.41, 5.74) is -3.42. The first-order chi connectivity index (χ1) is 14.3. The molecule has 0 bridgehead atoms. The number of amides is 1. The van der Waals surface area contributed by atoms with E-state index in [1.165, 1.54) is 4.90 Å². The molecule has 0 saturated heterocycles. The van der Waals surface area contributed by atoms with Crippen LogP contribution in [0.3, 0.4) is 0 Å². The minimum atomic E-state index is -5.91. The Hall–Kier alpha value is -2.75. The van der Waals surface area contributed by atoms with Gasteiger partial charge in [0.1, 0.15) is 0 Å². The first-order valence-corrected chi connectivity index (χ1v) is 9.30. The second kappa shape index (κ2) is 7.74. The molecule has 1 N–H and O–H groups in total. The molecular weight excluding hydrogens is 426 g/mol. The maximum absolute atomic E-state index is 13.0. The molecule has 0 spiro atoms. The minimum Gasteiger partial charge on any atom is -0.369 e. The Morgan fingerprint density at radius 1 is 1.00 bits per heavy atom. The third kappa shape index (κ3) is 4.08. The van der Waals surface area contributed by atoms with E-state index < -0.39 is 23.5 Å². The molecule has 0 saturated carbocycles. The highest BCUT2D eigenvalue weighted by Crippen LogP contribution is 2.50. The lowest BCUT2D eigenvalue weighted by Crippen LogP contribution is -2.53. The SMILES string of the molecule is CN(C)C(=O)c1ccc2c(c1)CCN2Cc1ccc(C(O)(C(F)(F)F)C(F)(F)F)cc1. The fourth-order valence-corrected chi connectivity index (χ4v) is 3.59. The van der Waals surface area contributed by atoms with Gasteiger partial charge in [-0.1, -0.05) is 24.3 Å². The summed E-state index contributed by atoms with van der Waals surface area (Å²) in [5.74, 6) is -0.140. The van der Waals surface area contributed by atoms with E-state index >= 15 is 0 Å². The Morgan fingerprint density at radius 2 is 1.58 bits per heavy atom. The predicted octanol–water partition coefficient (Wildman–Crippen LogP) is 4.26. The molecule has 0 unspecified atom stereocenters. The largest absolute Gasteiger partial charge is 0.430 e. The van der Waals surface area contributed by atoms with Crippen molar-refractivity contribution in [3.8, 4) is 0 Å². The van der Waals surface area contributed by atoms with Crippen molar-refractivity contribution in [2.45, 2.75) is 30.9 Å². The Bertz CT molecular complexity index is 953. The summed E-state index contributed by atoms with van der Waals surface area (Å²) < 4.78 is 78.1. The molecule has 31 heavy (non-hydrogen) atoms. The number of fused-ring (bicyclic) bond motifs is 1. The molecule has 0 atom stereocenters. The van der Waals surface area contributed by atoms with E-state index in [1.807, 2.05) is 4.90 Å². The second-order valence-corrected chi connectivity index (χ2v) is 7.62. The van der Waals surface area contributed by atoms with Crippen LogP contribution in [0.25, 0.3) is 0 Å². The van der Waals surface area contributed by atoms with Gasteiger partial charge in [0.15, 0.2) is 0 Å². The van der Waals surface area contributed by atoms with Crippen LogP contribution in [0.15, 0.2) is 42.5 Å². The number of rotatable bonds is 4. The lowest BCUT2D eigenvalue weighted by atomic mass is 9.91. The zero-order chi connectivity index (χ0) is 23.2. The van der Waals surface area contributed by atoms with Crippen molar-refractivity contribution in [3.63, 3.8) is 0 Å². The predicted molar refractivity (Wildman–Crippen MR) is 102 cm³/mol. The number of halogens is 6. The first-order valence-electron chi connectivity index (χ1n) is 9.30. The van der Waals surface area contributed by atoms with Gasteiger partial charge in [0, 0.05) is 44.0 Å². The van der Waals surface area contributed by atoms with Crippen LogP contribution >= 0.6 is 0 Å². The van der Waals surface area contributed by atoms with E-state index in [4.69, 9.17) is 0 Å². The van der Waals surface area contributed by atoms with Gasteiger partial charge in [-0.15, -0.1) is 0 Å². The zero-order valence-corrected chi connectivity index (χ0v) is 16.7. The summed E-state index contributed by atoms with van der Waals surface area (Å²) >= 11 is 0. The number of benzene rings is 2. The first kappa shape index (κ1) is 22.9. The van der Waals surface area contributed by atoms with Crippen molar-refractivity contribution in [3.05, 3.63) is 64.7 Å². The van der Waals surface area contributed by atoms with E-state index in [2.05, 4.69) is 0 Å². The van der Waals surface area contributed by atoms with Gasteiger partial charge in [0.2, 0.25) is 0 Å². The minimum absolute atomic E-state index is 0.140. The number of carbonyl (C=O) groups is 1. The maximum Gasteiger partial charge on any atom is 0.430 e. The van der Waals surface area contributed by atoms with Crippen molar-refractivity contribution in [2.24, 2.45) is 0 Å². The van der Waals surface area contributed by atoms with Crippen molar-refractivity contribution in [2.75, 3.05) is 25.5 Å². The number of aliphatic hydroxyl groups is 1. The highest BCUT2D eigenvalue weighted by molar-refractivity contribution is 5.94. The Morgan fingerprint density at radius 3 is 2.10 bits per heavy atom. The molecule has 0 radical (unpaired) electrons. The lowest BCUT2D eigenvalue weighted by molar-refractivity contribution is -0.376. The van der Waals surface area contributed by atoms with Gasteiger partial charge < -0.3 is 14.9 Å². The number of hydrogen-bond acceptors (Lipinski definition) is 3. The topological polar surface area (TPSA) is 43.8 Å². The molecule has 1 aliphatic heterocycles. The summed E-state index contributed by atoms with van der Waals surface area (Å²) in [7, 11) is 3.29. The Labute approximate surface area is 174 Å². The molecule has 2 aromatic rings. The van der Waals surface area contributed by atoms with Crippen LogP contribution in [-0.4, -0.2) is 48.9 Å². The van der Waals surface area contributed by atoms with Crippen LogP contribution in [0, 0.1) is 0 Å². The molecule has 1 amide bonds. The molecule has 3 rings (SSSR count). The van der Waals surface area contributed by atoms with Crippen LogP contribution in [-0.2, 0) is 18.6 Å². The highest BCUT2D eigenvalue weighted by atomic mass is 19.4. The van der Waals surface area contributed by atoms with E-state index in [0.29, 0.717) is 36.2 Å². The molecule has 0 aliphatic carbocycles. The average molecular weight is 446 g/mol. The number of carbonyl (C=O) groups excluding carboxylic acids is 1. The number of nitrogens with zero attached hydrogens (tertiary/aromatic N) is 2. The fourth-order valence-electron chi connectivity index (χ4n) is 3.59. The number of alkyl halides is 6. The zero-order valence-electron chi connectivity index (χ0n) is 16.7. The Balaban J connectivity index is 1.82. The lowest BCUT2D eigenvalue weighted by Gasteiger charge is -2.32. The highest BCUT2D eigenvalue weighted by Gasteiger charge is 2.71. The quantitative estimate of drug-likeness (QED) is 0.714. The number of anilines is 1. The summed E-state index contributed by atoms with van der Waals surface area (Å²) in [6, 6.07) is 8.81. The average Bonchev–Trinajstić information content (AvgIpc) is 3.07. The van der Waals surface area contributed by atoms with Gasteiger partial charge >= 0.3 is 12.4 Å². The third-order valence-electron chi connectivity index (χ3n) is 5.29. The molecule has 1 aliphatic rings. The van der Waals surface area contributed by atoms with Gasteiger partial charge in [0.05, 0.1) is 0 Å². The van der Waals surface area contributed by atoms with Crippen LogP contribution < -0.4 is 4.90 Å². The van der Waals surface area contributed by atoms with Gasteiger partial charge in [0.25, 0.3) is 11.5 Å². The molecule has 2 aromatic carbocycles. The van der Waals surface area contributed by atoms with Crippen molar-refractivity contribution < 1.29 is 36.2 Å². The van der Waals surface area contributed by atoms with Gasteiger partial charge in [-0.3, -0.25) is 4.79 Å². The molecule has 10 heteroatoms. The summed E-state index contributed by atoms with van der Waals surface area (Å²) in [6.45, 7) is 0.844. The van der Waals surface area contributed by atoms with Gasteiger partial charge in [-0.05, 0) is 35.7 Å². The van der Waals surface area contributed by atoms with Gasteiger partial charge in [-0.25, -0.2) is 0 Å². The summed E-state index contributed by atoms with van der Waals surface area (Å²) in [5, 5.41) is 9.48. The van der Waals surface area contributed by atoms with Crippen LogP contribution in [0.1, 0.15) is 27.0 Å².